The Bertz CT molecular complexity index is 807. The van der Waals surface area contributed by atoms with Crippen molar-refractivity contribution in [3.8, 4) is 0 Å². The zero-order chi connectivity index (χ0) is 28.3. The summed E-state index contributed by atoms with van der Waals surface area (Å²) < 4.78 is 43.4. The second-order valence-electron chi connectivity index (χ2n) is 7.88. The lowest BCUT2D eigenvalue weighted by Gasteiger charge is -2.44. The Morgan fingerprint density at radius 1 is 0.816 bits per heavy atom. The number of hydrogen-bond donors (Lipinski definition) is 1. The summed E-state index contributed by atoms with van der Waals surface area (Å²) in [5.74, 6) is -2.46. The van der Waals surface area contributed by atoms with Crippen molar-refractivity contribution >= 4 is 23.8 Å². The van der Waals surface area contributed by atoms with Gasteiger partial charge < -0.3 is 43.2 Å². The average molecular weight is 549 g/mol. The minimum Gasteiger partial charge on any atom is -0.463 e. The minimum atomic E-state index is -1.19. The zero-order valence-electron chi connectivity index (χ0n) is 22.0. The molecule has 1 heterocycles. The van der Waals surface area contributed by atoms with Crippen molar-refractivity contribution in [2.75, 3.05) is 59.4 Å². The second-order valence-corrected chi connectivity index (χ2v) is 7.88. The van der Waals surface area contributed by atoms with Gasteiger partial charge in [-0.25, -0.2) is 0 Å². The molecule has 0 bridgehead atoms. The molecule has 0 aromatic heterocycles. The Balaban J connectivity index is 2.67. The maximum absolute atomic E-state index is 11.9. The van der Waals surface area contributed by atoms with Gasteiger partial charge in [-0.2, -0.15) is 0 Å². The third kappa shape index (κ3) is 14.1. The van der Waals surface area contributed by atoms with E-state index >= 15 is 0 Å². The van der Waals surface area contributed by atoms with Crippen LogP contribution in [0.25, 0.3) is 10.4 Å². The molecule has 1 rings (SSSR count). The number of hydrogen-bond acceptors (Lipinski definition) is 13. The topological polar surface area (TPSA) is 203 Å². The normalized spacial score (nSPS) is 22.6. The van der Waals surface area contributed by atoms with Crippen molar-refractivity contribution in [1.82, 2.24) is 5.32 Å². The van der Waals surface area contributed by atoms with Gasteiger partial charge in [0.05, 0.1) is 46.2 Å². The van der Waals surface area contributed by atoms with Gasteiger partial charge >= 0.3 is 17.9 Å². The van der Waals surface area contributed by atoms with Gasteiger partial charge in [0.25, 0.3) is 0 Å². The SMILES string of the molecule is CC(=O)NC1C(OCCOCCOCCOCCN=[N+]=[N-])OC(COC(C)=O)C(OC(C)=O)C1OC(C)=O. The summed E-state index contributed by atoms with van der Waals surface area (Å²) in [7, 11) is 0. The predicted molar refractivity (Wildman–Crippen MR) is 126 cm³/mol. The quantitative estimate of drug-likeness (QED) is 0.0601. The first-order valence-electron chi connectivity index (χ1n) is 11.9. The van der Waals surface area contributed by atoms with Crippen LogP contribution in [0.15, 0.2) is 5.11 Å². The van der Waals surface area contributed by atoms with Crippen LogP contribution in [0, 0.1) is 0 Å². The van der Waals surface area contributed by atoms with Gasteiger partial charge in [0.1, 0.15) is 18.8 Å². The Morgan fingerprint density at radius 2 is 1.37 bits per heavy atom. The van der Waals surface area contributed by atoms with Crippen molar-refractivity contribution in [3.63, 3.8) is 0 Å². The van der Waals surface area contributed by atoms with Gasteiger partial charge in [-0.3, -0.25) is 19.2 Å². The van der Waals surface area contributed by atoms with Crippen LogP contribution in [0.5, 0.6) is 0 Å². The van der Waals surface area contributed by atoms with Gasteiger partial charge in [0.15, 0.2) is 18.5 Å². The lowest BCUT2D eigenvalue weighted by Crippen LogP contribution is -2.66. The maximum Gasteiger partial charge on any atom is 0.303 e. The smallest absolute Gasteiger partial charge is 0.303 e. The summed E-state index contributed by atoms with van der Waals surface area (Å²) in [4.78, 5) is 49.5. The van der Waals surface area contributed by atoms with Crippen molar-refractivity contribution in [3.05, 3.63) is 10.4 Å². The van der Waals surface area contributed by atoms with Gasteiger partial charge in [0.2, 0.25) is 5.91 Å². The summed E-state index contributed by atoms with van der Waals surface area (Å²) in [6, 6.07) is -1.04. The van der Waals surface area contributed by atoms with E-state index in [-0.39, 0.29) is 33.0 Å². The monoisotopic (exact) mass is 548 g/mol. The molecule has 16 nitrogen and oxygen atoms in total. The van der Waals surface area contributed by atoms with E-state index in [1.54, 1.807) is 0 Å². The number of rotatable bonds is 18. The molecule has 5 unspecified atom stereocenters. The molecule has 5 atom stereocenters. The molecule has 1 fully saturated rings. The Hall–Kier alpha value is -3.01. The van der Waals surface area contributed by atoms with Crippen LogP contribution < -0.4 is 5.32 Å². The van der Waals surface area contributed by atoms with Crippen molar-refractivity contribution in [2.45, 2.75) is 58.3 Å². The molecular formula is C22H36N4O12. The molecule has 1 aliphatic rings. The summed E-state index contributed by atoms with van der Waals surface area (Å²) in [6.45, 7) is 6.43. The second kappa shape index (κ2) is 19.1. The van der Waals surface area contributed by atoms with Crippen molar-refractivity contribution in [1.29, 1.82) is 0 Å². The fourth-order valence-corrected chi connectivity index (χ4v) is 3.35. The molecule has 0 radical (unpaired) electrons. The zero-order valence-corrected chi connectivity index (χ0v) is 22.0. The number of amides is 1. The molecule has 1 amide bonds. The lowest BCUT2D eigenvalue weighted by molar-refractivity contribution is -0.279. The van der Waals surface area contributed by atoms with Crippen LogP contribution in [-0.4, -0.2) is 114 Å². The fraction of sp³-hybridized carbons (Fsp3) is 0.818. The number of nitrogens with zero attached hydrogens (tertiary/aromatic N) is 3. The van der Waals surface area contributed by atoms with Crippen LogP contribution in [0.3, 0.4) is 0 Å². The number of azide groups is 1. The van der Waals surface area contributed by atoms with Crippen LogP contribution in [0.1, 0.15) is 27.7 Å². The van der Waals surface area contributed by atoms with E-state index in [2.05, 4.69) is 15.3 Å². The van der Waals surface area contributed by atoms with Crippen LogP contribution in [0.4, 0.5) is 0 Å². The van der Waals surface area contributed by atoms with E-state index < -0.39 is 54.5 Å². The molecule has 38 heavy (non-hydrogen) atoms. The maximum atomic E-state index is 11.9. The van der Waals surface area contributed by atoms with E-state index in [0.29, 0.717) is 26.4 Å². The molecule has 0 saturated carbocycles. The number of esters is 3. The summed E-state index contributed by atoms with van der Waals surface area (Å²) in [5.41, 5.74) is 8.16. The first kappa shape index (κ1) is 33.0. The highest BCUT2D eigenvalue weighted by atomic mass is 16.7. The van der Waals surface area contributed by atoms with E-state index in [9.17, 15) is 19.2 Å². The van der Waals surface area contributed by atoms with E-state index in [0.717, 1.165) is 13.8 Å². The number of ether oxygens (including phenoxy) is 8. The largest absolute Gasteiger partial charge is 0.463 e. The number of carbonyl (C=O) groups is 4. The van der Waals surface area contributed by atoms with E-state index in [1.807, 2.05) is 0 Å². The first-order chi connectivity index (χ1) is 18.1. The number of carbonyl (C=O) groups excluding carboxylic acids is 4. The molecule has 216 valence electrons. The summed E-state index contributed by atoms with van der Waals surface area (Å²) >= 11 is 0. The number of nitrogens with one attached hydrogen (secondary N) is 1. The van der Waals surface area contributed by atoms with Crippen LogP contribution >= 0.6 is 0 Å². The Labute approximate surface area is 220 Å². The van der Waals surface area contributed by atoms with Crippen molar-refractivity contribution < 1.29 is 57.1 Å². The molecule has 0 aromatic rings. The standard InChI is InChI=1S/C22H36N4O12/c1-14(27)25-19-21(37-17(4)30)20(36-16(3)29)18(13-35-15(2)28)38-22(19)34-12-11-33-10-9-32-8-7-31-6-5-24-26-23/h18-22H,5-13H2,1-4H3,(H,25,27). The summed E-state index contributed by atoms with van der Waals surface area (Å²) in [5, 5.41) is 5.96. The molecular weight excluding hydrogens is 512 g/mol. The predicted octanol–water partition coefficient (Wildman–Crippen LogP) is 0.0192. The minimum absolute atomic E-state index is 0.0224. The fourth-order valence-electron chi connectivity index (χ4n) is 3.35. The summed E-state index contributed by atoms with van der Waals surface area (Å²) in [6.07, 6.45) is -4.59. The molecule has 1 aliphatic heterocycles. The van der Waals surface area contributed by atoms with Crippen molar-refractivity contribution in [2.24, 2.45) is 5.11 Å². The molecule has 1 N–H and O–H groups in total. The Kier molecular flexibility index (Phi) is 16.6. The Morgan fingerprint density at radius 3 is 1.89 bits per heavy atom. The van der Waals surface area contributed by atoms with Gasteiger partial charge in [-0.1, -0.05) is 5.11 Å². The van der Waals surface area contributed by atoms with E-state index in [1.165, 1.54) is 13.8 Å². The van der Waals surface area contributed by atoms with Crippen LogP contribution in [0.2, 0.25) is 0 Å². The lowest BCUT2D eigenvalue weighted by atomic mass is 9.96. The van der Waals surface area contributed by atoms with Crippen LogP contribution in [-0.2, 0) is 57.1 Å². The van der Waals surface area contributed by atoms with Gasteiger partial charge in [-0.05, 0) is 5.53 Å². The highest BCUT2D eigenvalue weighted by Gasteiger charge is 2.51. The highest BCUT2D eigenvalue weighted by molar-refractivity contribution is 5.73. The third-order valence-electron chi connectivity index (χ3n) is 4.72. The molecule has 1 saturated heterocycles. The third-order valence-corrected chi connectivity index (χ3v) is 4.72. The molecule has 0 aromatic carbocycles. The van der Waals surface area contributed by atoms with Gasteiger partial charge in [0, 0.05) is 39.2 Å². The highest BCUT2D eigenvalue weighted by Crippen LogP contribution is 2.28. The van der Waals surface area contributed by atoms with Gasteiger partial charge in [-0.15, -0.1) is 0 Å². The van der Waals surface area contributed by atoms with E-state index in [4.69, 9.17) is 43.4 Å². The molecule has 0 spiro atoms. The molecule has 16 heteroatoms. The average Bonchev–Trinajstić information content (AvgIpc) is 2.83. The first-order valence-corrected chi connectivity index (χ1v) is 11.9. The molecule has 0 aliphatic carbocycles.